The van der Waals surface area contributed by atoms with Gasteiger partial charge in [-0.15, -0.1) is 0 Å². The first-order valence-corrected chi connectivity index (χ1v) is 12.9. The zero-order valence-corrected chi connectivity index (χ0v) is 22.2. The summed E-state index contributed by atoms with van der Waals surface area (Å²) in [6.07, 6.45) is 2.10. The molecule has 2 aromatic carbocycles. The van der Waals surface area contributed by atoms with E-state index in [1.807, 2.05) is 19.1 Å². The van der Waals surface area contributed by atoms with Crippen LogP contribution in [0.5, 0.6) is 11.5 Å². The third-order valence-electron chi connectivity index (χ3n) is 8.98. The number of hydrogen-bond acceptors (Lipinski definition) is 6. The molecule has 4 atom stereocenters. The minimum Gasteiger partial charge on any atom is -0.504 e. The van der Waals surface area contributed by atoms with Crippen molar-refractivity contribution in [3.8, 4) is 17.2 Å². The molecule has 9 heteroatoms. The van der Waals surface area contributed by atoms with Crippen LogP contribution in [0.15, 0.2) is 80.9 Å². The predicted octanol–water partition coefficient (Wildman–Crippen LogP) is 3.29. The maximum atomic E-state index is 14.0. The highest BCUT2D eigenvalue weighted by Crippen LogP contribution is 2.60. The molecular weight excluding hydrogens is 498 g/mol. The first-order valence-electron chi connectivity index (χ1n) is 12.9. The number of Topliss-reactive ketones (excluding diaryl/α,β-unsaturated/α-hetero) is 2. The van der Waals surface area contributed by atoms with Gasteiger partial charge in [0.15, 0.2) is 23.1 Å². The summed E-state index contributed by atoms with van der Waals surface area (Å²) in [6, 6.07) is 13.1. The van der Waals surface area contributed by atoms with Crippen LogP contribution in [0.1, 0.15) is 44.7 Å². The number of ether oxygens (including phenoxy) is 1. The number of para-hydroxylation sites is 1. The first kappa shape index (κ1) is 24.9. The topological polar surface area (TPSA) is 113 Å². The van der Waals surface area contributed by atoms with Crippen molar-refractivity contribution >= 4 is 11.6 Å². The highest BCUT2D eigenvalue weighted by molar-refractivity contribution is 6.15. The minimum absolute atomic E-state index is 0.0870. The normalized spacial score (nSPS) is 26.1. The minimum atomic E-state index is -1.14. The van der Waals surface area contributed by atoms with Crippen molar-refractivity contribution in [3.05, 3.63) is 97.9 Å². The van der Waals surface area contributed by atoms with Crippen LogP contribution < -0.4 is 16.1 Å². The van der Waals surface area contributed by atoms with E-state index in [4.69, 9.17) is 4.74 Å². The summed E-state index contributed by atoms with van der Waals surface area (Å²) in [7, 11) is 1.45. The molecule has 2 heterocycles. The standard InChI is InChI=1S/C30H29N3O6/c1-16-17(2)27(36)30(3)21(26(16)35)15-22-20(25(30)18-10-11-24(39-4)23(34)14-18)12-13-31-28(37)32(29(38)33(22)31)19-8-6-5-7-9-19/h5-12,14,21-22,25,34H,13,15H2,1-4H3/t21-,22+,25-,30+/m0/s1. The Hall–Kier alpha value is -4.40. The number of rotatable bonds is 3. The number of aromatic hydroxyl groups is 1. The second-order valence-electron chi connectivity index (χ2n) is 10.8. The molecule has 1 aromatic heterocycles. The highest BCUT2D eigenvalue weighted by atomic mass is 16.5. The fraction of sp³-hybridized carbons (Fsp3) is 0.333. The Morgan fingerprint density at radius 1 is 0.974 bits per heavy atom. The molecule has 1 aliphatic heterocycles. The number of methoxy groups -OCH3 is 1. The third kappa shape index (κ3) is 3.25. The van der Waals surface area contributed by atoms with Crippen molar-refractivity contribution in [3.63, 3.8) is 0 Å². The van der Waals surface area contributed by atoms with Crippen LogP contribution in [0.2, 0.25) is 0 Å². The van der Waals surface area contributed by atoms with Crippen molar-refractivity contribution in [2.45, 2.75) is 45.7 Å². The molecule has 0 radical (unpaired) electrons. The number of phenols is 1. The van der Waals surface area contributed by atoms with Gasteiger partial charge in [-0.2, -0.15) is 0 Å². The molecule has 3 aromatic rings. The van der Waals surface area contributed by atoms with Gasteiger partial charge >= 0.3 is 11.4 Å². The van der Waals surface area contributed by atoms with Crippen molar-refractivity contribution in [1.82, 2.24) is 13.9 Å². The third-order valence-corrected chi connectivity index (χ3v) is 8.98. The Kier molecular flexibility index (Phi) is 5.47. The summed E-state index contributed by atoms with van der Waals surface area (Å²) >= 11 is 0. The molecule has 3 aliphatic rings. The van der Waals surface area contributed by atoms with Gasteiger partial charge in [0.25, 0.3) is 0 Å². The van der Waals surface area contributed by atoms with Crippen molar-refractivity contribution in [2.75, 3.05) is 7.11 Å². The smallest absolute Gasteiger partial charge is 0.352 e. The molecule has 0 amide bonds. The van der Waals surface area contributed by atoms with E-state index in [0.29, 0.717) is 22.4 Å². The van der Waals surface area contributed by atoms with Gasteiger partial charge in [-0.1, -0.05) is 37.3 Å². The van der Waals surface area contributed by atoms with Gasteiger partial charge in [-0.05, 0) is 66.8 Å². The van der Waals surface area contributed by atoms with Crippen molar-refractivity contribution in [2.24, 2.45) is 11.3 Å². The SMILES string of the molecule is COc1ccc([C@H]2C3=CCn4c(=O)n(-c5ccccc5)c(=O)n4[C@@H]3C[C@H]3C(=O)C(C)=C(C)C(=O)[C@@]23C)cc1O. The number of hydrogen-bond donors (Lipinski definition) is 1. The van der Waals surface area contributed by atoms with Crippen LogP contribution in [0, 0.1) is 11.3 Å². The number of allylic oxidation sites excluding steroid dienone is 4. The van der Waals surface area contributed by atoms with E-state index in [9.17, 15) is 24.3 Å². The summed E-state index contributed by atoms with van der Waals surface area (Å²) in [5.74, 6) is -1.40. The molecule has 1 fully saturated rings. The van der Waals surface area contributed by atoms with Crippen LogP contribution in [0.3, 0.4) is 0 Å². The Morgan fingerprint density at radius 3 is 2.36 bits per heavy atom. The van der Waals surface area contributed by atoms with Gasteiger partial charge in [0.2, 0.25) is 0 Å². The quantitative estimate of drug-likeness (QED) is 0.523. The fourth-order valence-corrected chi connectivity index (χ4v) is 6.91. The Morgan fingerprint density at radius 2 is 1.69 bits per heavy atom. The Bertz CT molecular complexity index is 1740. The zero-order valence-electron chi connectivity index (χ0n) is 22.2. The average molecular weight is 528 g/mol. The largest absolute Gasteiger partial charge is 0.504 e. The van der Waals surface area contributed by atoms with E-state index >= 15 is 0 Å². The molecule has 39 heavy (non-hydrogen) atoms. The lowest BCUT2D eigenvalue weighted by Gasteiger charge is -2.53. The molecule has 1 saturated carbocycles. The van der Waals surface area contributed by atoms with E-state index in [1.165, 1.54) is 16.5 Å². The lowest BCUT2D eigenvalue weighted by Crippen LogP contribution is -2.55. The Labute approximate surface area is 224 Å². The van der Waals surface area contributed by atoms with Gasteiger partial charge in [-0.3, -0.25) is 9.59 Å². The number of benzene rings is 2. The number of fused-ring (bicyclic) bond motifs is 4. The van der Waals surface area contributed by atoms with E-state index in [-0.39, 0.29) is 36.0 Å². The molecule has 200 valence electrons. The summed E-state index contributed by atoms with van der Waals surface area (Å²) < 4.78 is 9.22. The lowest BCUT2D eigenvalue weighted by atomic mass is 9.50. The molecule has 2 aliphatic carbocycles. The number of nitrogens with zero attached hydrogens (tertiary/aromatic N) is 3. The molecule has 0 saturated heterocycles. The summed E-state index contributed by atoms with van der Waals surface area (Å²) in [4.78, 5) is 55.0. The van der Waals surface area contributed by atoms with E-state index < -0.39 is 34.7 Å². The van der Waals surface area contributed by atoms with Crippen molar-refractivity contribution in [1.29, 1.82) is 0 Å². The maximum absolute atomic E-state index is 14.0. The van der Waals surface area contributed by atoms with Gasteiger partial charge in [-0.25, -0.2) is 23.5 Å². The summed E-state index contributed by atoms with van der Waals surface area (Å²) in [5.41, 5.74) is 0.619. The molecular formula is C30H29N3O6. The van der Waals surface area contributed by atoms with E-state index in [0.717, 1.165) is 10.1 Å². The molecule has 0 unspecified atom stereocenters. The fourth-order valence-electron chi connectivity index (χ4n) is 6.91. The number of ketones is 2. The van der Waals surface area contributed by atoms with Crippen LogP contribution >= 0.6 is 0 Å². The van der Waals surface area contributed by atoms with Crippen molar-refractivity contribution < 1.29 is 19.4 Å². The number of carbonyl (C=O) groups excluding carboxylic acids is 2. The summed E-state index contributed by atoms with van der Waals surface area (Å²) in [6.45, 7) is 5.30. The lowest BCUT2D eigenvalue weighted by molar-refractivity contribution is -0.140. The second-order valence-corrected chi connectivity index (χ2v) is 10.8. The van der Waals surface area contributed by atoms with E-state index in [1.54, 1.807) is 56.3 Å². The Balaban J connectivity index is 1.60. The molecule has 6 rings (SSSR count). The predicted molar refractivity (Wildman–Crippen MR) is 143 cm³/mol. The monoisotopic (exact) mass is 527 g/mol. The maximum Gasteiger partial charge on any atom is 0.352 e. The highest BCUT2D eigenvalue weighted by Gasteiger charge is 2.60. The molecule has 1 N–H and O–H groups in total. The van der Waals surface area contributed by atoms with E-state index in [2.05, 4.69) is 0 Å². The first-order chi connectivity index (χ1) is 18.6. The number of aromatic nitrogens is 3. The van der Waals surface area contributed by atoms with Gasteiger partial charge in [0, 0.05) is 11.8 Å². The van der Waals surface area contributed by atoms with Gasteiger partial charge in [0.05, 0.1) is 30.8 Å². The molecule has 0 bridgehead atoms. The van der Waals surface area contributed by atoms with Gasteiger partial charge in [0.1, 0.15) is 0 Å². The zero-order chi connectivity index (χ0) is 27.8. The van der Waals surface area contributed by atoms with Crippen LogP contribution in [-0.4, -0.2) is 37.7 Å². The summed E-state index contributed by atoms with van der Waals surface area (Å²) in [5, 5.41) is 10.7. The average Bonchev–Trinajstić information content (AvgIpc) is 3.20. The molecule has 9 nitrogen and oxygen atoms in total. The van der Waals surface area contributed by atoms with Crippen LogP contribution in [-0.2, 0) is 16.1 Å². The second kappa shape index (κ2) is 8.56. The van der Waals surface area contributed by atoms with Crippen LogP contribution in [0.4, 0.5) is 0 Å². The van der Waals surface area contributed by atoms with Crippen LogP contribution in [0.25, 0.3) is 5.69 Å². The number of carbonyl (C=O) groups is 2. The van der Waals surface area contributed by atoms with Gasteiger partial charge < -0.3 is 9.84 Å². The number of phenolic OH excluding ortho intramolecular Hbond substituents is 1. The molecule has 0 spiro atoms.